The molecular formula is C13H19BrN2O2. The highest BCUT2D eigenvalue weighted by Gasteiger charge is 2.05. The Morgan fingerprint density at radius 1 is 1.50 bits per heavy atom. The van der Waals surface area contributed by atoms with Crippen molar-refractivity contribution in [2.75, 3.05) is 18.4 Å². The standard InChI is InChI=1S/C13H19BrN2O2/c1-2-4-12(17)8-15-9-13(18)16-11-6-3-5-10(14)7-11/h3,5-7,12,15,17H,2,4,8-9H2,1H3,(H,16,18). The molecule has 0 fully saturated rings. The minimum absolute atomic E-state index is 0.114. The van der Waals surface area contributed by atoms with Crippen LogP contribution < -0.4 is 10.6 Å². The minimum Gasteiger partial charge on any atom is -0.392 e. The van der Waals surface area contributed by atoms with Gasteiger partial charge in [0.1, 0.15) is 0 Å². The van der Waals surface area contributed by atoms with Gasteiger partial charge in [-0.15, -0.1) is 0 Å². The zero-order chi connectivity index (χ0) is 13.4. The summed E-state index contributed by atoms with van der Waals surface area (Å²) in [6.45, 7) is 2.66. The van der Waals surface area contributed by atoms with Crippen molar-refractivity contribution in [1.29, 1.82) is 0 Å². The lowest BCUT2D eigenvalue weighted by Gasteiger charge is -2.10. The first kappa shape index (κ1) is 15.1. The van der Waals surface area contributed by atoms with Gasteiger partial charge in [-0.2, -0.15) is 0 Å². The molecule has 1 unspecified atom stereocenters. The predicted molar refractivity (Wildman–Crippen MR) is 76.6 cm³/mol. The number of aliphatic hydroxyl groups is 1. The minimum atomic E-state index is -0.381. The molecule has 0 saturated heterocycles. The van der Waals surface area contributed by atoms with Gasteiger partial charge < -0.3 is 15.7 Å². The van der Waals surface area contributed by atoms with E-state index in [1.54, 1.807) is 0 Å². The number of halogens is 1. The van der Waals surface area contributed by atoms with Crippen LogP contribution in [0.2, 0.25) is 0 Å². The van der Waals surface area contributed by atoms with Crippen LogP contribution in [0.5, 0.6) is 0 Å². The van der Waals surface area contributed by atoms with E-state index in [2.05, 4.69) is 26.6 Å². The third-order valence-corrected chi connectivity index (χ3v) is 2.89. The molecule has 4 nitrogen and oxygen atoms in total. The molecule has 3 N–H and O–H groups in total. The summed E-state index contributed by atoms with van der Waals surface area (Å²) in [5.74, 6) is -0.114. The summed E-state index contributed by atoms with van der Waals surface area (Å²) in [5, 5.41) is 15.2. The van der Waals surface area contributed by atoms with Gasteiger partial charge in [0.15, 0.2) is 0 Å². The van der Waals surface area contributed by atoms with Crippen molar-refractivity contribution < 1.29 is 9.90 Å². The SMILES string of the molecule is CCCC(O)CNCC(=O)Nc1cccc(Br)c1. The Labute approximate surface area is 116 Å². The fraction of sp³-hybridized carbons (Fsp3) is 0.462. The number of anilines is 1. The highest BCUT2D eigenvalue weighted by molar-refractivity contribution is 9.10. The van der Waals surface area contributed by atoms with Crippen molar-refractivity contribution in [2.24, 2.45) is 0 Å². The molecule has 0 spiro atoms. The van der Waals surface area contributed by atoms with E-state index in [1.807, 2.05) is 31.2 Å². The second kappa shape index (κ2) is 8.24. The molecule has 1 atom stereocenters. The fourth-order valence-corrected chi connectivity index (χ4v) is 1.96. The van der Waals surface area contributed by atoms with E-state index in [9.17, 15) is 9.90 Å². The first-order valence-electron chi connectivity index (χ1n) is 6.06. The van der Waals surface area contributed by atoms with Crippen LogP contribution in [0.15, 0.2) is 28.7 Å². The number of hydrogen-bond donors (Lipinski definition) is 3. The first-order valence-corrected chi connectivity index (χ1v) is 6.85. The molecule has 0 aliphatic carbocycles. The van der Waals surface area contributed by atoms with Crippen molar-refractivity contribution in [2.45, 2.75) is 25.9 Å². The zero-order valence-corrected chi connectivity index (χ0v) is 12.0. The molecule has 0 bridgehead atoms. The van der Waals surface area contributed by atoms with Crippen LogP contribution in [0, 0.1) is 0 Å². The number of nitrogens with one attached hydrogen (secondary N) is 2. The van der Waals surface area contributed by atoms with Gasteiger partial charge in [-0.1, -0.05) is 35.3 Å². The Morgan fingerprint density at radius 2 is 2.28 bits per heavy atom. The highest BCUT2D eigenvalue weighted by atomic mass is 79.9. The molecule has 1 amide bonds. The molecule has 0 aliphatic rings. The third-order valence-electron chi connectivity index (χ3n) is 2.40. The lowest BCUT2D eigenvalue weighted by molar-refractivity contribution is -0.115. The third kappa shape index (κ3) is 6.14. The molecule has 1 rings (SSSR count). The summed E-state index contributed by atoms with van der Waals surface area (Å²) in [6, 6.07) is 7.42. The van der Waals surface area contributed by atoms with Gasteiger partial charge >= 0.3 is 0 Å². The van der Waals surface area contributed by atoms with Crippen molar-refractivity contribution >= 4 is 27.5 Å². The first-order chi connectivity index (χ1) is 8.61. The average Bonchev–Trinajstić information content (AvgIpc) is 2.29. The number of hydrogen-bond acceptors (Lipinski definition) is 3. The van der Waals surface area contributed by atoms with Crippen LogP contribution in [-0.2, 0) is 4.79 Å². The summed E-state index contributed by atoms with van der Waals surface area (Å²) in [6.07, 6.45) is 1.31. The van der Waals surface area contributed by atoms with Crippen LogP contribution in [0.3, 0.4) is 0 Å². The molecule has 18 heavy (non-hydrogen) atoms. The largest absolute Gasteiger partial charge is 0.392 e. The van der Waals surface area contributed by atoms with Gasteiger partial charge in [-0.3, -0.25) is 4.79 Å². The van der Waals surface area contributed by atoms with Crippen molar-refractivity contribution in [1.82, 2.24) is 5.32 Å². The van der Waals surface area contributed by atoms with E-state index >= 15 is 0 Å². The van der Waals surface area contributed by atoms with Crippen LogP contribution in [-0.4, -0.2) is 30.2 Å². The van der Waals surface area contributed by atoms with Gasteiger partial charge in [0.05, 0.1) is 12.6 Å². The van der Waals surface area contributed by atoms with Gasteiger partial charge in [0.25, 0.3) is 0 Å². The summed E-state index contributed by atoms with van der Waals surface area (Å²) < 4.78 is 0.923. The number of carbonyl (C=O) groups excluding carboxylic acids is 1. The van der Waals surface area contributed by atoms with E-state index in [0.717, 1.165) is 23.0 Å². The molecule has 0 aromatic heterocycles. The summed E-state index contributed by atoms with van der Waals surface area (Å²) >= 11 is 3.34. The maximum Gasteiger partial charge on any atom is 0.238 e. The molecule has 1 aromatic carbocycles. The molecule has 5 heteroatoms. The molecule has 0 aliphatic heterocycles. The second-order valence-electron chi connectivity index (χ2n) is 4.13. The molecule has 0 heterocycles. The van der Waals surface area contributed by atoms with E-state index in [4.69, 9.17) is 0 Å². The van der Waals surface area contributed by atoms with E-state index in [1.165, 1.54) is 0 Å². The second-order valence-corrected chi connectivity index (χ2v) is 5.05. The van der Waals surface area contributed by atoms with Crippen LogP contribution >= 0.6 is 15.9 Å². The number of rotatable bonds is 7. The number of amides is 1. The lowest BCUT2D eigenvalue weighted by Crippen LogP contribution is -2.33. The Balaban J connectivity index is 2.25. The highest BCUT2D eigenvalue weighted by Crippen LogP contribution is 2.15. The van der Waals surface area contributed by atoms with Crippen LogP contribution in [0.25, 0.3) is 0 Å². The lowest BCUT2D eigenvalue weighted by atomic mass is 10.2. The fourth-order valence-electron chi connectivity index (χ4n) is 1.56. The average molecular weight is 315 g/mol. The van der Waals surface area contributed by atoms with Crippen molar-refractivity contribution in [3.05, 3.63) is 28.7 Å². The molecule has 0 radical (unpaired) electrons. The number of carbonyl (C=O) groups is 1. The Bertz CT molecular complexity index is 385. The summed E-state index contributed by atoms with van der Waals surface area (Å²) in [7, 11) is 0. The molecule has 0 saturated carbocycles. The smallest absolute Gasteiger partial charge is 0.238 e. The molecule has 1 aromatic rings. The topological polar surface area (TPSA) is 61.4 Å². The van der Waals surface area contributed by atoms with Crippen molar-refractivity contribution in [3.63, 3.8) is 0 Å². The predicted octanol–water partition coefficient (Wildman–Crippen LogP) is 2.14. The number of benzene rings is 1. The van der Waals surface area contributed by atoms with Crippen LogP contribution in [0.4, 0.5) is 5.69 Å². The van der Waals surface area contributed by atoms with E-state index in [-0.39, 0.29) is 18.6 Å². The van der Waals surface area contributed by atoms with E-state index < -0.39 is 0 Å². The Kier molecular flexibility index (Phi) is 6.93. The van der Waals surface area contributed by atoms with E-state index in [0.29, 0.717) is 6.54 Å². The van der Waals surface area contributed by atoms with Gasteiger partial charge in [-0.25, -0.2) is 0 Å². The quantitative estimate of drug-likeness (QED) is 0.722. The summed E-state index contributed by atoms with van der Waals surface area (Å²) in [4.78, 5) is 11.6. The molecule has 100 valence electrons. The van der Waals surface area contributed by atoms with Gasteiger partial charge in [-0.05, 0) is 24.6 Å². The normalized spacial score (nSPS) is 12.2. The maximum atomic E-state index is 11.6. The molecular weight excluding hydrogens is 296 g/mol. The van der Waals surface area contributed by atoms with Gasteiger partial charge in [0.2, 0.25) is 5.91 Å². The maximum absolute atomic E-state index is 11.6. The number of aliphatic hydroxyl groups excluding tert-OH is 1. The van der Waals surface area contributed by atoms with Crippen molar-refractivity contribution in [3.8, 4) is 0 Å². The summed E-state index contributed by atoms with van der Waals surface area (Å²) in [5.41, 5.74) is 0.755. The van der Waals surface area contributed by atoms with Gasteiger partial charge in [0, 0.05) is 16.7 Å². The van der Waals surface area contributed by atoms with Crippen LogP contribution in [0.1, 0.15) is 19.8 Å². The Hall–Kier alpha value is -0.910. The zero-order valence-electron chi connectivity index (χ0n) is 10.4. The monoisotopic (exact) mass is 314 g/mol. The Morgan fingerprint density at radius 3 is 2.94 bits per heavy atom.